The zero-order chi connectivity index (χ0) is 25.1. The lowest BCUT2D eigenvalue weighted by Crippen LogP contribution is -2.48. The van der Waals surface area contributed by atoms with E-state index < -0.39 is 9.84 Å². The lowest BCUT2D eigenvalue weighted by molar-refractivity contribution is 0.0751. The van der Waals surface area contributed by atoms with Gasteiger partial charge in [0.1, 0.15) is 5.75 Å². The predicted molar refractivity (Wildman–Crippen MR) is 145 cm³/mol. The van der Waals surface area contributed by atoms with E-state index in [0.717, 1.165) is 48.0 Å². The Balaban J connectivity index is 1.19. The molecule has 0 N–H and O–H groups in total. The van der Waals surface area contributed by atoms with Gasteiger partial charge in [-0.2, -0.15) is 0 Å². The maximum Gasteiger partial charge on any atom is 0.264 e. The Labute approximate surface area is 217 Å². The lowest BCUT2D eigenvalue weighted by atomic mass is 10.1. The van der Waals surface area contributed by atoms with Crippen molar-refractivity contribution in [1.29, 1.82) is 0 Å². The van der Waals surface area contributed by atoms with Gasteiger partial charge >= 0.3 is 0 Å². The molecule has 2 aliphatic heterocycles. The van der Waals surface area contributed by atoms with Crippen molar-refractivity contribution in [2.45, 2.75) is 43.3 Å². The predicted octanol–water partition coefficient (Wildman–Crippen LogP) is 5.62. The minimum Gasteiger partial charge on any atom is -0.494 e. The van der Waals surface area contributed by atoms with Crippen molar-refractivity contribution in [3.05, 3.63) is 65.0 Å². The number of thiophene rings is 1. The maximum atomic E-state index is 13.3. The standard InChI is InChI=1S/C28H32N2O4S2/c1-2-3-4-7-18-34-23-12-10-22(11-13-23)29-14-16-30(17-15-29)28(31)25-19-21-20-36(32,33)26-9-6-5-8-24(26)27(21)35-25/h5-6,8-13,19H,2-4,7,14-18,20H2,1H3. The number of carbonyl (C=O) groups is 1. The zero-order valence-corrected chi connectivity index (χ0v) is 22.2. The molecule has 2 aliphatic rings. The minimum atomic E-state index is -3.38. The first-order valence-corrected chi connectivity index (χ1v) is 15.1. The first-order chi connectivity index (χ1) is 17.5. The quantitative estimate of drug-likeness (QED) is 0.358. The number of piperazine rings is 1. The summed E-state index contributed by atoms with van der Waals surface area (Å²) < 4.78 is 31.2. The van der Waals surface area contributed by atoms with Gasteiger partial charge in [0, 0.05) is 42.3 Å². The molecule has 1 saturated heterocycles. The maximum absolute atomic E-state index is 13.3. The molecular weight excluding hydrogens is 492 g/mol. The largest absolute Gasteiger partial charge is 0.494 e. The van der Waals surface area contributed by atoms with Crippen LogP contribution in [0.5, 0.6) is 5.75 Å². The Bertz CT molecular complexity index is 1320. The molecule has 36 heavy (non-hydrogen) atoms. The van der Waals surface area contributed by atoms with Crippen LogP contribution >= 0.6 is 11.3 Å². The van der Waals surface area contributed by atoms with Crippen LogP contribution in [-0.2, 0) is 15.6 Å². The van der Waals surface area contributed by atoms with E-state index in [1.54, 1.807) is 18.2 Å². The number of rotatable bonds is 8. The molecule has 8 heteroatoms. The van der Waals surface area contributed by atoms with Crippen molar-refractivity contribution >= 4 is 32.8 Å². The molecular formula is C28H32N2O4S2. The van der Waals surface area contributed by atoms with Gasteiger partial charge in [-0.3, -0.25) is 4.79 Å². The molecule has 1 aromatic heterocycles. The molecule has 3 aromatic rings. The van der Waals surface area contributed by atoms with Crippen molar-refractivity contribution in [1.82, 2.24) is 4.90 Å². The molecule has 2 aromatic carbocycles. The molecule has 0 atom stereocenters. The number of hydrogen-bond donors (Lipinski definition) is 0. The highest BCUT2D eigenvalue weighted by atomic mass is 32.2. The molecule has 0 saturated carbocycles. The van der Waals surface area contributed by atoms with E-state index in [4.69, 9.17) is 4.74 Å². The monoisotopic (exact) mass is 524 g/mol. The van der Waals surface area contributed by atoms with E-state index >= 15 is 0 Å². The van der Waals surface area contributed by atoms with Crippen molar-refractivity contribution in [2.75, 3.05) is 37.7 Å². The Morgan fingerprint density at radius 1 is 0.972 bits per heavy atom. The smallest absolute Gasteiger partial charge is 0.264 e. The van der Waals surface area contributed by atoms with Crippen molar-refractivity contribution in [3.8, 4) is 16.2 Å². The van der Waals surface area contributed by atoms with Gasteiger partial charge < -0.3 is 14.5 Å². The summed E-state index contributed by atoms with van der Waals surface area (Å²) in [6.07, 6.45) is 4.77. The first-order valence-electron chi connectivity index (χ1n) is 12.7. The number of sulfone groups is 1. The summed E-state index contributed by atoms with van der Waals surface area (Å²) in [5.41, 5.74) is 2.57. The summed E-state index contributed by atoms with van der Waals surface area (Å²) >= 11 is 1.41. The molecule has 1 fully saturated rings. The number of fused-ring (bicyclic) bond motifs is 3. The van der Waals surface area contributed by atoms with E-state index in [1.165, 1.54) is 30.6 Å². The molecule has 0 unspecified atom stereocenters. The lowest BCUT2D eigenvalue weighted by Gasteiger charge is -2.36. The van der Waals surface area contributed by atoms with Gasteiger partial charge in [-0.15, -0.1) is 11.3 Å². The summed E-state index contributed by atoms with van der Waals surface area (Å²) in [7, 11) is -3.38. The Morgan fingerprint density at radius 2 is 1.72 bits per heavy atom. The number of carbonyl (C=O) groups excluding carboxylic acids is 1. The molecule has 6 nitrogen and oxygen atoms in total. The average Bonchev–Trinajstić information content (AvgIpc) is 3.32. The second kappa shape index (κ2) is 10.6. The van der Waals surface area contributed by atoms with E-state index in [1.807, 2.05) is 29.2 Å². The van der Waals surface area contributed by atoms with Crippen LogP contribution in [0.2, 0.25) is 0 Å². The van der Waals surface area contributed by atoms with E-state index in [-0.39, 0.29) is 11.7 Å². The van der Waals surface area contributed by atoms with E-state index in [9.17, 15) is 13.2 Å². The van der Waals surface area contributed by atoms with Crippen LogP contribution in [0.1, 0.15) is 47.8 Å². The highest BCUT2D eigenvalue weighted by molar-refractivity contribution is 7.91. The second-order valence-corrected chi connectivity index (χ2v) is 12.4. The molecule has 3 heterocycles. The van der Waals surface area contributed by atoms with E-state index in [0.29, 0.717) is 28.4 Å². The minimum absolute atomic E-state index is 0.0178. The van der Waals surface area contributed by atoms with Gasteiger partial charge in [0.25, 0.3) is 5.91 Å². The Morgan fingerprint density at radius 3 is 2.47 bits per heavy atom. The van der Waals surface area contributed by atoms with Gasteiger partial charge in [-0.1, -0.05) is 44.4 Å². The summed E-state index contributed by atoms with van der Waals surface area (Å²) in [6, 6.07) is 17.1. The van der Waals surface area contributed by atoms with Crippen LogP contribution in [0.4, 0.5) is 5.69 Å². The van der Waals surface area contributed by atoms with Gasteiger partial charge in [-0.25, -0.2) is 8.42 Å². The average molecular weight is 525 g/mol. The number of hydrogen-bond acceptors (Lipinski definition) is 6. The Hall–Kier alpha value is -2.84. The fourth-order valence-corrected chi connectivity index (χ4v) is 7.80. The molecule has 0 radical (unpaired) electrons. The molecule has 1 amide bonds. The molecule has 0 bridgehead atoms. The SMILES string of the molecule is CCCCCCOc1ccc(N2CCN(C(=O)c3cc4c(s3)-c3ccccc3S(=O)(=O)C4)CC2)cc1. The fraction of sp³-hybridized carbons (Fsp3) is 0.393. The third kappa shape index (κ3) is 5.15. The summed E-state index contributed by atoms with van der Waals surface area (Å²) in [4.78, 5) is 19.3. The molecule has 190 valence electrons. The van der Waals surface area contributed by atoms with Crippen LogP contribution in [-0.4, -0.2) is 52.0 Å². The number of nitrogens with zero attached hydrogens (tertiary/aromatic N) is 2. The Kier molecular flexibility index (Phi) is 7.34. The fourth-order valence-electron chi connectivity index (χ4n) is 4.87. The summed E-state index contributed by atoms with van der Waals surface area (Å²) in [6.45, 7) is 5.73. The number of unbranched alkanes of at least 4 members (excludes halogenated alkanes) is 3. The summed E-state index contributed by atoms with van der Waals surface area (Å²) in [5, 5.41) is 0. The van der Waals surface area contributed by atoms with Crippen LogP contribution < -0.4 is 9.64 Å². The van der Waals surface area contributed by atoms with E-state index in [2.05, 4.69) is 24.0 Å². The van der Waals surface area contributed by atoms with Crippen LogP contribution in [0, 0.1) is 0 Å². The molecule has 0 spiro atoms. The van der Waals surface area contributed by atoms with Crippen molar-refractivity contribution in [2.24, 2.45) is 0 Å². The van der Waals surface area contributed by atoms with Gasteiger partial charge in [0.2, 0.25) is 0 Å². The number of ether oxygens (including phenoxy) is 1. The summed E-state index contributed by atoms with van der Waals surface area (Å²) in [5.74, 6) is 0.833. The molecule has 0 aliphatic carbocycles. The molecule has 5 rings (SSSR count). The van der Waals surface area contributed by atoms with Gasteiger partial charge in [0.05, 0.1) is 22.1 Å². The van der Waals surface area contributed by atoms with Gasteiger partial charge in [-0.05, 0) is 48.4 Å². The topological polar surface area (TPSA) is 66.9 Å². The first kappa shape index (κ1) is 24.8. The van der Waals surface area contributed by atoms with Crippen LogP contribution in [0.3, 0.4) is 0 Å². The second-order valence-electron chi connectivity index (χ2n) is 9.40. The third-order valence-electron chi connectivity index (χ3n) is 6.87. The number of amides is 1. The highest BCUT2D eigenvalue weighted by Crippen LogP contribution is 2.43. The van der Waals surface area contributed by atoms with Crippen molar-refractivity contribution < 1.29 is 17.9 Å². The van der Waals surface area contributed by atoms with Crippen molar-refractivity contribution in [3.63, 3.8) is 0 Å². The van der Waals surface area contributed by atoms with Crippen LogP contribution in [0.25, 0.3) is 10.4 Å². The third-order valence-corrected chi connectivity index (χ3v) is 9.78. The normalized spacial score (nSPS) is 16.4. The van der Waals surface area contributed by atoms with Gasteiger partial charge in [0.15, 0.2) is 9.84 Å². The number of anilines is 1. The number of benzene rings is 2. The van der Waals surface area contributed by atoms with Crippen LogP contribution in [0.15, 0.2) is 59.5 Å². The zero-order valence-electron chi connectivity index (χ0n) is 20.6. The highest BCUT2D eigenvalue weighted by Gasteiger charge is 2.32.